The van der Waals surface area contributed by atoms with E-state index in [1.165, 1.54) is 4.90 Å². The van der Waals surface area contributed by atoms with E-state index in [2.05, 4.69) is 10.3 Å². The molecule has 2 heterocycles. The Morgan fingerprint density at radius 1 is 1.00 bits per heavy atom. The zero-order valence-corrected chi connectivity index (χ0v) is 14.3. The van der Waals surface area contributed by atoms with Crippen LogP contribution in [0, 0.1) is 0 Å². The zero-order valence-electron chi connectivity index (χ0n) is 14.3. The van der Waals surface area contributed by atoms with Crippen LogP contribution in [0.4, 0.5) is 5.69 Å². The first kappa shape index (κ1) is 16.3. The lowest BCUT2D eigenvalue weighted by Crippen LogP contribution is -2.40. The van der Waals surface area contributed by atoms with Gasteiger partial charge in [0.25, 0.3) is 11.8 Å². The molecule has 7 nitrogen and oxygen atoms in total. The van der Waals surface area contributed by atoms with Crippen LogP contribution in [0.2, 0.25) is 0 Å². The van der Waals surface area contributed by atoms with E-state index in [9.17, 15) is 9.59 Å². The number of rotatable bonds is 5. The molecule has 7 heteroatoms. The quantitative estimate of drug-likeness (QED) is 0.775. The Hall–Kier alpha value is -3.22. The molecule has 2 aromatic rings. The highest BCUT2D eigenvalue weighted by molar-refractivity contribution is 6.25. The van der Waals surface area contributed by atoms with Crippen LogP contribution >= 0.6 is 0 Å². The molecular weight excluding hydrogens is 332 g/mol. The Morgan fingerprint density at radius 2 is 1.73 bits per heavy atom. The highest BCUT2D eigenvalue weighted by atomic mass is 16.5. The molecule has 0 radical (unpaired) electrons. The van der Waals surface area contributed by atoms with Gasteiger partial charge in [-0.15, -0.1) is 0 Å². The highest BCUT2D eigenvalue weighted by Gasteiger charge is 2.54. The number of carbonyl (C=O) groups excluding carboxylic acids is 2. The maximum absolute atomic E-state index is 12.8. The average Bonchev–Trinajstić information content (AvgIpc) is 3.21. The van der Waals surface area contributed by atoms with Crippen LogP contribution in [0.25, 0.3) is 0 Å². The molecule has 0 spiro atoms. The molecule has 1 fully saturated rings. The largest absolute Gasteiger partial charge is 0.497 e. The number of para-hydroxylation sites is 1. The van der Waals surface area contributed by atoms with E-state index in [1.54, 1.807) is 36.4 Å². The fourth-order valence-electron chi connectivity index (χ4n) is 3.28. The molecule has 4 rings (SSSR count). The summed E-state index contributed by atoms with van der Waals surface area (Å²) in [5.41, 5.74) is 1.67. The Bertz CT molecular complexity index is 851. The SMILES string of the molecule is COc1ccc(CCN2N=N[C@@H]3C(=O)N(c4ccccc4)C(=O)[C@@H]32)cc1. The Balaban J connectivity index is 1.48. The van der Waals surface area contributed by atoms with E-state index < -0.39 is 12.1 Å². The minimum Gasteiger partial charge on any atom is -0.497 e. The summed E-state index contributed by atoms with van der Waals surface area (Å²) in [4.78, 5) is 26.6. The van der Waals surface area contributed by atoms with Crippen LogP contribution in [0.3, 0.4) is 0 Å². The number of benzene rings is 2. The molecule has 2 aliphatic heterocycles. The van der Waals surface area contributed by atoms with Crippen molar-refractivity contribution in [2.75, 3.05) is 18.6 Å². The predicted molar refractivity (Wildman–Crippen MR) is 94.8 cm³/mol. The first-order valence-electron chi connectivity index (χ1n) is 8.42. The molecule has 0 aromatic heterocycles. The molecule has 2 atom stereocenters. The monoisotopic (exact) mass is 350 g/mol. The van der Waals surface area contributed by atoms with Gasteiger partial charge in [-0.25, -0.2) is 4.90 Å². The van der Waals surface area contributed by atoms with Gasteiger partial charge in [0.2, 0.25) is 0 Å². The number of fused-ring (bicyclic) bond motifs is 1. The van der Waals surface area contributed by atoms with Crippen molar-refractivity contribution in [3.63, 3.8) is 0 Å². The summed E-state index contributed by atoms with van der Waals surface area (Å²) in [5.74, 6) is 0.206. The first-order chi connectivity index (χ1) is 12.7. The molecule has 132 valence electrons. The van der Waals surface area contributed by atoms with Gasteiger partial charge in [0.1, 0.15) is 5.75 Å². The molecular formula is C19H18N4O3. The van der Waals surface area contributed by atoms with Crippen molar-refractivity contribution < 1.29 is 14.3 Å². The first-order valence-corrected chi connectivity index (χ1v) is 8.42. The van der Waals surface area contributed by atoms with E-state index in [0.29, 0.717) is 18.7 Å². The summed E-state index contributed by atoms with van der Waals surface area (Å²) in [7, 11) is 1.63. The second-order valence-electron chi connectivity index (χ2n) is 6.20. The zero-order chi connectivity index (χ0) is 18.1. The van der Waals surface area contributed by atoms with Gasteiger partial charge in [-0.1, -0.05) is 35.6 Å². The Kier molecular flexibility index (Phi) is 4.12. The van der Waals surface area contributed by atoms with Crippen molar-refractivity contribution in [1.82, 2.24) is 5.01 Å². The molecule has 1 saturated heterocycles. The summed E-state index contributed by atoms with van der Waals surface area (Å²) in [6.07, 6.45) is 0.693. The van der Waals surface area contributed by atoms with Crippen LogP contribution in [0.1, 0.15) is 5.56 Å². The van der Waals surface area contributed by atoms with E-state index in [-0.39, 0.29) is 11.8 Å². The Morgan fingerprint density at radius 3 is 2.42 bits per heavy atom. The summed E-state index contributed by atoms with van der Waals surface area (Å²) in [6.45, 7) is 0.513. The van der Waals surface area contributed by atoms with Crippen LogP contribution in [0.5, 0.6) is 5.75 Å². The predicted octanol–water partition coefficient (Wildman–Crippen LogP) is 2.23. The van der Waals surface area contributed by atoms with Crippen molar-refractivity contribution in [2.45, 2.75) is 18.5 Å². The number of ether oxygens (including phenoxy) is 1. The molecule has 0 unspecified atom stereocenters. The number of amides is 2. The number of methoxy groups -OCH3 is 1. The number of anilines is 1. The van der Waals surface area contributed by atoms with Crippen molar-refractivity contribution in [1.29, 1.82) is 0 Å². The third-order valence-corrected chi connectivity index (χ3v) is 4.66. The lowest BCUT2D eigenvalue weighted by atomic mass is 10.1. The smallest absolute Gasteiger partial charge is 0.263 e. The molecule has 0 aliphatic carbocycles. The lowest BCUT2D eigenvalue weighted by molar-refractivity contribution is -0.123. The average molecular weight is 350 g/mol. The standard InChI is InChI=1S/C19H18N4O3/c1-26-15-9-7-13(8-10-15)11-12-22-17-16(20-21-22)18(24)23(19(17)25)14-5-3-2-4-6-14/h2-10,16-17H,11-12H2,1H3/t16-,17+/m0/s1. The molecule has 2 aliphatic rings. The molecule has 0 N–H and O–H groups in total. The fraction of sp³-hybridized carbons (Fsp3) is 0.263. The van der Waals surface area contributed by atoms with Crippen LogP contribution in [-0.2, 0) is 16.0 Å². The molecule has 0 bridgehead atoms. The van der Waals surface area contributed by atoms with E-state index in [1.807, 2.05) is 30.3 Å². The van der Waals surface area contributed by atoms with Crippen molar-refractivity contribution in [3.05, 3.63) is 60.2 Å². The molecule has 2 aromatic carbocycles. The normalized spacial score (nSPS) is 21.4. The van der Waals surface area contributed by atoms with Gasteiger partial charge in [-0.3, -0.25) is 14.6 Å². The van der Waals surface area contributed by atoms with Gasteiger partial charge in [0.15, 0.2) is 12.1 Å². The van der Waals surface area contributed by atoms with E-state index in [4.69, 9.17) is 4.74 Å². The van der Waals surface area contributed by atoms with Gasteiger partial charge in [-0.05, 0) is 36.2 Å². The van der Waals surface area contributed by atoms with Gasteiger partial charge < -0.3 is 4.74 Å². The second kappa shape index (κ2) is 6.59. The van der Waals surface area contributed by atoms with Gasteiger partial charge >= 0.3 is 0 Å². The van der Waals surface area contributed by atoms with Crippen LogP contribution in [-0.4, -0.2) is 42.6 Å². The van der Waals surface area contributed by atoms with Crippen LogP contribution < -0.4 is 9.64 Å². The summed E-state index contributed by atoms with van der Waals surface area (Å²) in [5, 5.41) is 9.73. The molecule has 26 heavy (non-hydrogen) atoms. The fourth-order valence-corrected chi connectivity index (χ4v) is 3.28. The lowest BCUT2D eigenvalue weighted by Gasteiger charge is -2.20. The summed E-state index contributed by atoms with van der Waals surface area (Å²) in [6, 6.07) is 15.3. The van der Waals surface area contributed by atoms with Crippen molar-refractivity contribution in [2.24, 2.45) is 10.3 Å². The number of hydrogen-bond acceptors (Lipinski definition) is 6. The summed E-state index contributed by atoms with van der Waals surface area (Å²) >= 11 is 0. The minimum atomic E-state index is -0.751. The van der Waals surface area contributed by atoms with Gasteiger partial charge in [0.05, 0.1) is 12.8 Å². The molecule has 0 saturated carbocycles. The number of nitrogens with zero attached hydrogens (tertiary/aromatic N) is 4. The number of imide groups is 1. The van der Waals surface area contributed by atoms with Crippen molar-refractivity contribution in [3.8, 4) is 5.75 Å². The molecule has 2 amide bonds. The maximum Gasteiger partial charge on any atom is 0.263 e. The highest BCUT2D eigenvalue weighted by Crippen LogP contribution is 2.31. The Labute approximate surface area is 150 Å². The second-order valence-corrected chi connectivity index (χ2v) is 6.20. The van der Waals surface area contributed by atoms with Gasteiger partial charge in [-0.2, -0.15) is 5.11 Å². The van der Waals surface area contributed by atoms with Crippen molar-refractivity contribution >= 4 is 17.5 Å². The number of hydrogen-bond donors (Lipinski definition) is 0. The third-order valence-electron chi connectivity index (χ3n) is 4.66. The third kappa shape index (κ3) is 2.71. The number of carbonyl (C=O) groups is 2. The van der Waals surface area contributed by atoms with Crippen LogP contribution in [0.15, 0.2) is 64.9 Å². The van der Waals surface area contributed by atoms with E-state index in [0.717, 1.165) is 11.3 Å². The topological polar surface area (TPSA) is 74.6 Å². The summed E-state index contributed by atoms with van der Waals surface area (Å²) < 4.78 is 5.15. The minimum absolute atomic E-state index is 0.272. The van der Waals surface area contributed by atoms with E-state index >= 15 is 0 Å². The van der Waals surface area contributed by atoms with Gasteiger partial charge in [0, 0.05) is 6.54 Å². The maximum atomic E-state index is 12.8.